The summed E-state index contributed by atoms with van der Waals surface area (Å²) in [6.07, 6.45) is 0. The molecule has 0 fully saturated rings. The molecular formula is C33H25ClN2O7S. The first-order valence-corrected chi connectivity index (χ1v) is 15.0. The number of anilines is 2. The van der Waals surface area contributed by atoms with Gasteiger partial charge in [0.05, 0.1) is 12.7 Å². The zero-order valence-corrected chi connectivity index (χ0v) is 25.0. The maximum atomic E-state index is 13.4. The van der Waals surface area contributed by atoms with E-state index in [0.29, 0.717) is 21.5 Å². The maximum absolute atomic E-state index is 13.4. The van der Waals surface area contributed by atoms with Gasteiger partial charge in [0.1, 0.15) is 10.6 Å². The van der Waals surface area contributed by atoms with E-state index in [2.05, 4.69) is 10.6 Å². The number of fused-ring (bicyclic) bond motifs is 1. The summed E-state index contributed by atoms with van der Waals surface area (Å²) in [6.45, 7) is 1.88. The van der Waals surface area contributed by atoms with Gasteiger partial charge in [-0.05, 0) is 79.0 Å². The van der Waals surface area contributed by atoms with Crippen LogP contribution in [0.1, 0.15) is 36.6 Å². The molecule has 2 amide bonds. The first-order chi connectivity index (χ1) is 21.0. The van der Waals surface area contributed by atoms with Crippen molar-refractivity contribution in [1.82, 2.24) is 0 Å². The number of carbonyl (C=O) groups excluding carboxylic acids is 3. The lowest BCUT2D eigenvalue weighted by Gasteiger charge is -2.13. The third-order valence-corrected chi connectivity index (χ3v) is 8.05. The quantitative estimate of drug-likeness (QED) is 0.142. The minimum atomic E-state index is -4.12. The van der Waals surface area contributed by atoms with Gasteiger partial charge in [-0.2, -0.15) is 8.42 Å². The summed E-state index contributed by atoms with van der Waals surface area (Å²) in [5.41, 5.74) is 1.94. The Balaban J connectivity index is 1.42. The number of hydrogen-bond acceptors (Lipinski definition) is 7. The number of carbonyl (C=O) groups is 3. The van der Waals surface area contributed by atoms with E-state index in [9.17, 15) is 22.8 Å². The molecule has 11 heteroatoms. The van der Waals surface area contributed by atoms with Crippen LogP contribution in [0.4, 0.5) is 11.4 Å². The second-order valence-corrected chi connectivity index (χ2v) is 11.7. The number of amides is 2. The first kappa shape index (κ1) is 30.3. The number of rotatable bonds is 8. The summed E-state index contributed by atoms with van der Waals surface area (Å²) in [5.74, 6) is -1.59. The van der Waals surface area contributed by atoms with E-state index >= 15 is 0 Å². The highest BCUT2D eigenvalue weighted by Gasteiger charge is 2.19. The van der Waals surface area contributed by atoms with Crippen LogP contribution in [-0.2, 0) is 14.9 Å². The van der Waals surface area contributed by atoms with Crippen molar-refractivity contribution in [3.8, 4) is 5.75 Å². The molecule has 5 rings (SSSR count). The fourth-order valence-corrected chi connectivity index (χ4v) is 5.55. The van der Waals surface area contributed by atoms with Gasteiger partial charge in [-0.3, -0.25) is 9.59 Å². The lowest BCUT2D eigenvalue weighted by atomic mass is 10.1. The standard InChI is InChI=1S/C33H25ClN2O7S/c1-20-9-11-27(12-10-20)43-44(40,41)28-13-14-29-21(19-28)5-4-8-30(29)36-32(38)23-15-24(33(39)42-2)18-26(17-23)35-31(37)22-6-3-7-25(34)16-22/h3-19H,1-2H3,(H,35,37)(H,36,38). The van der Waals surface area contributed by atoms with Crippen molar-refractivity contribution in [2.45, 2.75) is 11.8 Å². The van der Waals surface area contributed by atoms with Gasteiger partial charge in [0.25, 0.3) is 11.8 Å². The van der Waals surface area contributed by atoms with E-state index in [1.54, 1.807) is 66.7 Å². The molecule has 0 radical (unpaired) electrons. The molecular weight excluding hydrogens is 604 g/mol. The molecule has 0 aliphatic rings. The van der Waals surface area contributed by atoms with E-state index in [1.807, 2.05) is 6.92 Å². The van der Waals surface area contributed by atoms with Crippen molar-refractivity contribution >= 4 is 61.6 Å². The number of aryl methyl sites for hydroxylation is 1. The zero-order chi connectivity index (χ0) is 31.4. The molecule has 0 aliphatic heterocycles. The molecule has 0 bridgehead atoms. The smallest absolute Gasteiger partial charge is 0.339 e. The van der Waals surface area contributed by atoms with Crippen molar-refractivity contribution in [2.24, 2.45) is 0 Å². The molecule has 0 heterocycles. The lowest BCUT2D eigenvalue weighted by Crippen LogP contribution is -2.16. The molecule has 0 spiro atoms. The van der Waals surface area contributed by atoms with E-state index in [4.69, 9.17) is 20.5 Å². The van der Waals surface area contributed by atoms with E-state index in [1.165, 1.54) is 43.5 Å². The maximum Gasteiger partial charge on any atom is 0.339 e. The van der Waals surface area contributed by atoms with Crippen molar-refractivity contribution in [3.63, 3.8) is 0 Å². The third-order valence-electron chi connectivity index (χ3n) is 6.58. The van der Waals surface area contributed by atoms with Gasteiger partial charge < -0.3 is 19.6 Å². The molecule has 5 aromatic carbocycles. The van der Waals surface area contributed by atoms with Gasteiger partial charge in [-0.25, -0.2) is 4.79 Å². The Labute approximate surface area is 258 Å². The van der Waals surface area contributed by atoms with Gasteiger partial charge in [-0.15, -0.1) is 0 Å². The van der Waals surface area contributed by atoms with Gasteiger partial charge in [0, 0.05) is 32.9 Å². The molecule has 0 saturated carbocycles. The number of ether oxygens (including phenoxy) is 1. The van der Waals surface area contributed by atoms with Crippen molar-refractivity contribution in [1.29, 1.82) is 0 Å². The Hall–Kier alpha value is -5.19. The van der Waals surface area contributed by atoms with E-state index < -0.39 is 27.9 Å². The van der Waals surface area contributed by atoms with Gasteiger partial charge in [0.15, 0.2) is 0 Å². The van der Waals surface area contributed by atoms with E-state index in [-0.39, 0.29) is 33.0 Å². The average molecular weight is 629 g/mol. The van der Waals surface area contributed by atoms with Gasteiger partial charge in [0.2, 0.25) is 0 Å². The summed E-state index contributed by atoms with van der Waals surface area (Å²) in [7, 11) is -2.92. The SMILES string of the molecule is COC(=O)c1cc(NC(=O)c2cccc(Cl)c2)cc(C(=O)Nc2cccc3cc(S(=O)(=O)Oc4ccc(C)cc4)ccc23)c1. The van der Waals surface area contributed by atoms with Crippen LogP contribution in [0.3, 0.4) is 0 Å². The Morgan fingerprint density at radius 2 is 1.43 bits per heavy atom. The molecule has 0 atom stereocenters. The minimum absolute atomic E-state index is 0.0443. The largest absolute Gasteiger partial charge is 0.465 e. The molecule has 9 nitrogen and oxygen atoms in total. The Morgan fingerprint density at radius 3 is 2.16 bits per heavy atom. The Bertz CT molecular complexity index is 2030. The van der Waals surface area contributed by atoms with Crippen LogP contribution >= 0.6 is 11.6 Å². The lowest BCUT2D eigenvalue weighted by molar-refractivity contribution is 0.0600. The van der Waals surface area contributed by atoms with Crippen LogP contribution in [0, 0.1) is 6.92 Å². The third kappa shape index (κ3) is 6.88. The van der Waals surface area contributed by atoms with Gasteiger partial charge in [-0.1, -0.05) is 53.6 Å². The summed E-state index contributed by atoms with van der Waals surface area (Å²) in [5, 5.41) is 6.96. The second kappa shape index (κ2) is 12.6. The summed E-state index contributed by atoms with van der Waals surface area (Å²) in [4.78, 5) is 38.5. The monoisotopic (exact) mass is 628 g/mol. The Morgan fingerprint density at radius 1 is 0.727 bits per heavy atom. The van der Waals surface area contributed by atoms with Crippen molar-refractivity contribution in [2.75, 3.05) is 17.7 Å². The highest BCUT2D eigenvalue weighted by Crippen LogP contribution is 2.29. The predicted octanol–water partition coefficient (Wildman–Crippen LogP) is 6.86. The minimum Gasteiger partial charge on any atom is -0.465 e. The van der Waals surface area contributed by atoms with Gasteiger partial charge >= 0.3 is 16.1 Å². The first-order valence-electron chi connectivity index (χ1n) is 13.2. The number of halogens is 1. The number of nitrogens with one attached hydrogen (secondary N) is 2. The van der Waals surface area contributed by atoms with Crippen LogP contribution in [0.25, 0.3) is 10.8 Å². The molecule has 222 valence electrons. The second-order valence-electron chi connectivity index (χ2n) is 9.75. The molecule has 5 aromatic rings. The molecule has 0 unspecified atom stereocenters. The van der Waals surface area contributed by atoms with E-state index in [0.717, 1.165) is 5.56 Å². The van der Waals surface area contributed by atoms with Crippen LogP contribution in [0.2, 0.25) is 5.02 Å². The normalized spacial score (nSPS) is 11.1. The molecule has 0 saturated heterocycles. The van der Waals surface area contributed by atoms with Crippen LogP contribution in [-0.4, -0.2) is 33.3 Å². The van der Waals surface area contributed by atoms with Crippen molar-refractivity contribution in [3.05, 3.63) is 130 Å². The number of hydrogen-bond donors (Lipinski definition) is 2. The molecule has 2 N–H and O–H groups in total. The fraction of sp³-hybridized carbons (Fsp3) is 0.0606. The predicted molar refractivity (Wildman–Crippen MR) is 168 cm³/mol. The highest BCUT2D eigenvalue weighted by atomic mass is 35.5. The highest BCUT2D eigenvalue weighted by molar-refractivity contribution is 7.87. The zero-order valence-electron chi connectivity index (χ0n) is 23.5. The average Bonchev–Trinajstić information content (AvgIpc) is 3.01. The summed E-state index contributed by atoms with van der Waals surface area (Å²) < 4.78 is 36.0. The van der Waals surface area contributed by atoms with Crippen LogP contribution in [0.15, 0.2) is 108 Å². The topological polar surface area (TPSA) is 128 Å². The summed E-state index contributed by atoms with van der Waals surface area (Å²) >= 11 is 6.00. The number of esters is 1. The summed E-state index contributed by atoms with van der Waals surface area (Å²) in [6, 6.07) is 26.6. The Kier molecular flexibility index (Phi) is 8.66. The van der Waals surface area contributed by atoms with Crippen LogP contribution < -0.4 is 14.8 Å². The van der Waals surface area contributed by atoms with Crippen LogP contribution in [0.5, 0.6) is 5.75 Å². The molecule has 44 heavy (non-hydrogen) atoms. The molecule has 0 aliphatic carbocycles. The molecule has 0 aromatic heterocycles. The van der Waals surface area contributed by atoms with Crippen molar-refractivity contribution < 1.29 is 31.7 Å². The fourth-order valence-electron chi connectivity index (χ4n) is 4.39. The number of benzene rings is 5. The number of methoxy groups -OCH3 is 1.